The Morgan fingerprint density at radius 1 is 0.825 bits per heavy atom. The zero-order valence-corrected chi connectivity index (χ0v) is 36.6. The Bertz CT molecular complexity index is 2380. The Labute approximate surface area is 370 Å². The van der Waals surface area contributed by atoms with Crippen LogP contribution in [-0.2, 0) is 32.5 Å². The number of carbonyl (C=O) groups is 2. The van der Waals surface area contributed by atoms with Crippen LogP contribution in [0.5, 0.6) is 0 Å². The Hall–Kier alpha value is -5.31. The highest BCUT2D eigenvalue weighted by atomic mass is 32.2. The molecule has 0 radical (unpaired) electrons. The fourth-order valence-corrected chi connectivity index (χ4v) is 12.4. The molecule has 4 aromatic carbocycles. The number of piperazine rings is 1. The second kappa shape index (κ2) is 18.8. The molecule has 3 saturated carbocycles. The number of nitro groups is 1. The van der Waals surface area contributed by atoms with E-state index in [1.54, 1.807) is 12.1 Å². The maximum Gasteiger partial charge on any atom is 0.293 e. The number of hydrogen-bond donors (Lipinski definition) is 2. The van der Waals surface area contributed by atoms with Crippen LogP contribution in [0.2, 0.25) is 0 Å². The third-order valence-corrected chi connectivity index (χ3v) is 15.9. The topological polar surface area (TPSA) is 154 Å². The summed E-state index contributed by atoms with van der Waals surface area (Å²) >= 11 is 0. The number of anilines is 3. The van der Waals surface area contributed by atoms with Crippen molar-refractivity contribution in [3.05, 3.63) is 124 Å². The number of sulfonamides is 1. The molecule has 2 bridgehead atoms. The predicted octanol–water partition coefficient (Wildman–Crippen LogP) is 7.66. The van der Waals surface area contributed by atoms with Crippen molar-refractivity contribution in [3.8, 4) is 0 Å². The summed E-state index contributed by atoms with van der Waals surface area (Å²) in [7, 11) is -4.40. The van der Waals surface area contributed by atoms with Crippen molar-refractivity contribution in [1.29, 1.82) is 0 Å². The Morgan fingerprint density at radius 2 is 1.56 bits per heavy atom. The van der Waals surface area contributed by atoms with E-state index in [2.05, 4.69) is 61.1 Å². The third kappa shape index (κ3) is 9.49. The molecule has 5 aliphatic rings. The van der Waals surface area contributed by atoms with Crippen molar-refractivity contribution < 1.29 is 27.7 Å². The van der Waals surface area contributed by atoms with Crippen molar-refractivity contribution in [2.45, 2.75) is 75.3 Å². The molecule has 2 N–H and O–H groups in total. The molecule has 2 saturated heterocycles. The fraction of sp³-hybridized carbons (Fsp3) is 0.469. The van der Waals surface area contributed by atoms with Crippen molar-refractivity contribution >= 4 is 44.6 Å². The van der Waals surface area contributed by atoms with Gasteiger partial charge in [-0.25, -0.2) is 13.1 Å². The van der Waals surface area contributed by atoms with Crippen LogP contribution >= 0.6 is 0 Å². The normalized spacial score (nSPS) is 23.6. The summed E-state index contributed by atoms with van der Waals surface area (Å²) in [4.78, 5) is 45.5. The molecule has 5 unspecified atom stereocenters. The molecule has 5 fully saturated rings. The van der Waals surface area contributed by atoms with E-state index in [9.17, 15) is 28.1 Å². The van der Waals surface area contributed by atoms with Crippen LogP contribution in [0.15, 0.2) is 102 Å². The number of rotatable bonds is 15. The van der Waals surface area contributed by atoms with Crippen LogP contribution in [0.4, 0.5) is 22.7 Å². The molecule has 5 atom stereocenters. The SMILES string of the molecule is O=C(NS(=O)(=O)c1ccc(NCC2CCOCC2)c([N+](=O)[O-])c1)c1ccc(N2CCN(Cc3ccccc3N(C(=O)CCc3ccccc3)C3CC4CC3C3CCCC43)CC2)cc1. The average Bonchev–Trinajstić information content (AvgIpc) is 4.05. The summed E-state index contributed by atoms with van der Waals surface area (Å²) < 4.78 is 34.0. The number of aryl methyl sites for hydroxylation is 1. The number of para-hydroxylation sites is 1. The van der Waals surface area contributed by atoms with E-state index in [1.165, 1.54) is 48.9 Å². The van der Waals surface area contributed by atoms with Gasteiger partial charge in [0.05, 0.1) is 9.82 Å². The third-order valence-electron chi connectivity index (χ3n) is 14.6. The number of ether oxygens (including phenoxy) is 1. The fourth-order valence-electron chi connectivity index (χ4n) is 11.4. The molecule has 0 spiro atoms. The number of nitrogens with zero attached hydrogens (tertiary/aromatic N) is 4. The van der Waals surface area contributed by atoms with E-state index in [4.69, 9.17) is 4.74 Å². The lowest BCUT2D eigenvalue weighted by atomic mass is 9.78. The Morgan fingerprint density at radius 3 is 2.32 bits per heavy atom. The largest absolute Gasteiger partial charge is 0.381 e. The molecule has 9 rings (SSSR count). The van der Waals surface area contributed by atoms with E-state index >= 15 is 0 Å². The average molecular weight is 875 g/mol. The first-order chi connectivity index (χ1) is 30.6. The van der Waals surface area contributed by atoms with Gasteiger partial charge in [-0.05, 0) is 128 Å². The van der Waals surface area contributed by atoms with Gasteiger partial charge in [0.15, 0.2) is 0 Å². The van der Waals surface area contributed by atoms with E-state index < -0.39 is 20.9 Å². The van der Waals surface area contributed by atoms with Gasteiger partial charge in [0.25, 0.3) is 21.6 Å². The molecular weight excluding hydrogens is 817 g/mol. The molecule has 2 aliphatic heterocycles. The van der Waals surface area contributed by atoms with Gasteiger partial charge in [0.1, 0.15) is 5.69 Å². The Kier molecular flexibility index (Phi) is 12.8. The Balaban J connectivity index is 0.821. The van der Waals surface area contributed by atoms with Crippen molar-refractivity contribution in [3.63, 3.8) is 0 Å². The number of nitro benzene ring substituents is 1. The van der Waals surface area contributed by atoms with Crippen LogP contribution < -0.4 is 19.8 Å². The molecule has 63 heavy (non-hydrogen) atoms. The number of hydrogen-bond acceptors (Lipinski definition) is 10. The summed E-state index contributed by atoms with van der Waals surface area (Å²) in [6, 6.07) is 29.6. The number of carbonyl (C=O) groups excluding carboxylic acids is 2. The monoisotopic (exact) mass is 874 g/mol. The summed E-state index contributed by atoms with van der Waals surface area (Å²) in [6.45, 7) is 5.67. The molecule has 4 aromatic rings. The highest BCUT2D eigenvalue weighted by Crippen LogP contribution is 2.60. The van der Waals surface area contributed by atoms with Gasteiger partial charge in [-0.1, -0.05) is 55.0 Å². The molecule has 13 nitrogen and oxygen atoms in total. The van der Waals surface area contributed by atoms with Crippen molar-refractivity contribution in [2.75, 3.05) is 61.1 Å². The van der Waals surface area contributed by atoms with E-state index in [0.29, 0.717) is 38.0 Å². The highest BCUT2D eigenvalue weighted by Gasteiger charge is 2.56. The molecule has 2 heterocycles. The lowest BCUT2D eigenvalue weighted by molar-refractivity contribution is -0.384. The quantitative estimate of drug-likeness (QED) is 0.0899. The van der Waals surface area contributed by atoms with Crippen LogP contribution in [0.3, 0.4) is 0 Å². The molecular formula is C49H58N6O7S. The number of nitrogens with one attached hydrogen (secondary N) is 2. The summed E-state index contributed by atoms with van der Waals surface area (Å²) in [5.74, 6) is 2.62. The highest BCUT2D eigenvalue weighted by molar-refractivity contribution is 7.90. The lowest BCUT2D eigenvalue weighted by Gasteiger charge is -2.41. The van der Waals surface area contributed by atoms with Gasteiger partial charge in [-0.3, -0.25) is 24.6 Å². The second-order valence-corrected chi connectivity index (χ2v) is 19.9. The smallest absolute Gasteiger partial charge is 0.293 e. The standard InChI is InChI=1S/C49H58N6O7S/c56-48(20-13-34-7-2-1-3-8-34)54(46-30-38-29-43(46)42-11-6-10-41(38)42)45-12-5-4-9-37(45)33-52-23-25-53(26-24-52)39-16-14-36(15-17-39)49(57)51-63(60,61)40-18-19-44(47(31-40)55(58)59)50-32-35-21-27-62-28-22-35/h1-5,7-9,12,14-19,31,35,38,41-43,46,50H,6,10-11,13,20-30,32-33H2,(H,51,57). The second-order valence-electron chi connectivity index (χ2n) is 18.2. The van der Waals surface area contributed by atoms with Gasteiger partial charge in [-0.15, -0.1) is 0 Å². The first-order valence-corrected chi connectivity index (χ1v) is 24.3. The van der Waals surface area contributed by atoms with E-state index in [0.717, 1.165) is 93.6 Å². The zero-order chi connectivity index (χ0) is 43.5. The van der Waals surface area contributed by atoms with Crippen LogP contribution in [0.25, 0.3) is 0 Å². The molecule has 332 valence electrons. The first kappa shape index (κ1) is 43.0. The molecule has 2 amide bonds. The number of amides is 2. The first-order valence-electron chi connectivity index (χ1n) is 22.8. The molecule has 14 heteroatoms. The predicted molar refractivity (Wildman–Crippen MR) is 243 cm³/mol. The van der Waals surface area contributed by atoms with Crippen LogP contribution in [-0.4, -0.2) is 82.0 Å². The van der Waals surface area contributed by atoms with Gasteiger partial charge in [-0.2, -0.15) is 0 Å². The van der Waals surface area contributed by atoms with Crippen LogP contribution in [0, 0.1) is 39.7 Å². The van der Waals surface area contributed by atoms with E-state index in [1.807, 2.05) is 30.3 Å². The summed E-state index contributed by atoms with van der Waals surface area (Å²) in [5.41, 5.74) is 4.36. The molecule has 0 aromatic heterocycles. The summed E-state index contributed by atoms with van der Waals surface area (Å²) in [6.07, 6.45) is 9.26. The minimum absolute atomic E-state index is 0.156. The minimum Gasteiger partial charge on any atom is -0.381 e. The summed E-state index contributed by atoms with van der Waals surface area (Å²) in [5, 5.41) is 15.0. The van der Waals surface area contributed by atoms with Gasteiger partial charge in [0, 0.05) is 87.9 Å². The van der Waals surface area contributed by atoms with Crippen molar-refractivity contribution in [2.24, 2.45) is 29.6 Å². The van der Waals surface area contributed by atoms with Crippen molar-refractivity contribution in [1.82, 2.24) is 9.62 Å². The van der Waals surface area contributed by atoms with Gasteiger partial charge in [0.2, 0.25) is 5.91 Å². The van der Waals surface area contributed by atoms with Gasteiger partial charge >= 0.3 is 0 Å². The lowest BCUT2D eigenvalue weighted by Crippen LogP contribution is -2.48. The van der Waals surface area contributed by atoms with Gasteiger partial charge < -0.3 is 19.9 Å². The number of fused-ring (bicyclic) bond motifs is 5. The minimum atomic E-state index is -4.40. The van der Waals surface area contributed by atoms with Crippen LogP contribution in [0.1, 0.15) is 72.9 Å². The maximum absolute atomic E-state index is 14.4. The number of benzene rings is 4. The zero-order valence-electron chi connectivity index (χ0n) is 35.8. The maximum atomic E-state index is 14.4. The molecule has 3 aliphatic carbocycles. The van der Waals surface area contributed by atoms with E-state index in [-0.39, 0.29) is 33.8 Å².